The van der Waals surface area contributed by atoms with Crippen LogP contribution in [0.3, 0.4) is 0 Å². The van der Waals surface area contributed by atoms with Crippen molar-refractivity contribution < 1.29 is 85.2 Å². The van der Waals surface area contributed by atoms with Crippen LogP contribution in [0.2, 0.25) is 0 Å². The summed E-state index contributed by atoms with van der Waals surface area (Å²) in [6, 6.07) is 22.9. The number of nitrogens with zero attached hydrogens (tertiary/aromatic N) is 1. The first-order chi connectivity index (χ1) is 34.1. The molecule has 3 aliphatic carbocycles. The van der Waals surface area contributed by atoms with E-state index in [1.54, 1.807) is 112 Å². The summed E-state index contributed by atoms with van der Waals surface area (Å²) in [4.78, 5) is 100. The highest BCUT2D eigenvalue weighted by molar-refractivity contribution is 7.85. The van der Waals surface area contributed by atoms with E-state index < -0.39 is 129 Å². The number of carbonyl (C=O) groups excluding carboxylic acids is 7. The smallest absolute Gasteiger partial charge is 0.338 e. The molecule has 0 unspecified atom stereocenters. The van der Waals surface area contributed by atoms with Gasteiger partial charge in [0, 0.05) is 37.7 Å². The molecule has 394 valence electrons. The topological polar surface area (TPSA) is 285 Å². The maximum atomic E-state index is 16.0. The van der Waals surface area contributed by atoms with Crippen molar-refractivity contribution in [3.05, 3.63) is 119 Å². The van der Waals surface area contributed by atoms with Gasteiger partial charge in [-0.05, 0) is 68.9 Å². The van der Waals surface area contributed by atoms with Crippen molar-refractivity contribution in [2.24, 2.45) is 16.7 Å². The molecule has 3 aromatic rings. The van der Waals surface area contributed by atoms with E-state index in [4.69, 9.17) is 33.0 Å². The van der Waals surface area contributed by atoms with Gasteiger partial charge in [0.25, 0.3) is 16.0 Å². The molecule has 3 aromatic carbocycles. The van der Waals surface area contributed by atoms with Crippen molar-refractivity contribution in [3.63, 3.8) is 0 Å². The molecule has 73 heavy (non-hydrogen) atoms. The first-order valence-corrected chi connectivity index (χ1v) is 25.2. The van der Waals surface area contributed by atoms with Crippen molar-refractivity contribution in [2.45, 2.75) is 108 Å². The van der Waals surface area contributed by atoms with Crippen LogP contribution in [0.15, 0.2) is 102 Å². The second kappa shape index (κ2) is 21.6. The third-order valence-corrected chi connectivity index (χ3v) is 14.2. The molecule has 0 aromatic heterocycles. The van der Waals surface area contributed by atoms with Crippen molar-refractivity contribution in [1.82, 2.24) is 10.2 Å². The summed E-state index contributed by atoms with van der Waals surface area (Å²) in [6.07, 6.45) is -9.88. The van der Waals surface area contributed by atoms with Gasteiger partial charge in [0.1, 0.15) is 30.0 Å². The molecule has 3 fully saturated rings. The van der Waals surface area contributed by atoms with Gasteiger partial charge in [-0.2, -0.15) is 8.42 Å². The number of hydrogen-bond acceptors (Lipinski definition) is 18. The summed E-state index contributed by atoms with van der Waals surface area (Å²) in [5.41, 5.74) is -7.31. The Morgan fingerprint density at radius 1 is 0.836 bits per heavy atom. The van der Waals surface area contributed by atoms with E-state index in [0.717, 1.165) is 13.8 Å². The van der Waals surface area contributed by atoms with Crippen LogP contribution in [-0.2, 0) is 62.5 Å². The molecule has 2 bridgehead atoms. The molecule has 0 spiro atoms. The number of Topliss-reactive ketones (excluding diaryl/α,β-unsaturated/α-hetero) is 1. The van der Waals surface area contributed by atoms with E-state index in [9.17, 15) is 47.4 Å². The minimum Gasteiger partial charge on any atom is -0.460 e. The summed E-state index contributed by atoms with van der Waals surface area (Å²) < 4.78 is 62.9. The molecule has 0 radical (unpaired) electrons. The zero-order valence-corrected chi connectivity index (χ0v) is 42.7. The average Bonchev–Trinajstić information content (AvgIpc) is 3.30. The standard InChI is InChI=1S/C51H58N2O15.CH4O3S/c1-28-34(65-47(61)40(57)39(31-18-12-9-13-19-31)52-45(59)32-20-14-10-15-21-32)25-51(62)44(67-46(60)33-22-16-11-17-23-33)42-49(6,43(58)41(64-29(2)54)38(28)48(51,4)5)35(66-37(56)26-53(7)8)24-36-50(42,27-63-36)68-30(3)55;1-5(2,3)4/h9-23,34-36,39-42,44,57,62H,24-27H2,1-8H3,(H,52,59);1H3,(H,2,3,4)/t34-,35-,36+,39-,40+,41+,42-,44-,49+,50-,51+;/m0./s1. The quantitative estimate of drug-likeness (QED) is 0.0826. The molecule has 2 saturated carbocycles. The van der Waals surface area contributed by atoms with Gasteiger partial charge in [-0.3, -0.25) is 33.4 Å². The van der Waals surface area contributed by atoms with Gasteiger partial charge in [-0.1, -0.05) is 80.6 Å². The van der Waals surface area contributed by atoms with Crippen LogP contribution >= 0.6 is 0 Å². The molecular formula is C52H62N2O18S. The number of esters is 5. The number of aliphatic hydroxyl groups excluding tert-OH is 1. The van der Waals surface area contributed by atoms with E-state index >= 15 is 4.79 Å². The summed E-state index contributed by atoms with van der Waals surface area (Å²) in [5, 5.41) is 28.6. The van der Waals surface area contributed by atoms with E-state index in [-0.39, 0.29) is 41.8 Å². The van der Waals surface area contributed by atoms with Crippen molar-refractivity contribution in [2.75, 3.05) is 33.5 Å². The molecule has 1 saturated heterocycles. The molecule has 4 N–H and O–H groups in total. The fourth-order valence-corrected chi connectivity index (χ4v) is 10.8. The normalized spacial score (nSPS) is 28.8. The highest BCUT2D eigenvalue weighted by Gasteiger charge is 2.79. The van der Waals surface area contributed by atoms with Gasteiger partial charge in [0.05, 0.1) is 42.3 Å². The van der Waals surface area contributed by atoms with Crippen molar-refractivity contribution in [3.8, 4) is 0 Å². The van der Waals surface area contributed by atoms with Gasteiger partial charge in [-0.25, -0.2) is 9.59 Å². The van der Waals surface area contributed by atoms with Crippen molar-refractivity contribution in [1.29, 1.82) is 0 Å². The van der Waals surface area contributed by atoms with Crippen LogP contribution in [0.5, 0.6) is 0 Å². The van der Waals surface area contributed by atoms with Crippen molar-refractivity contribution >= 4 is 51.7 Å². The van der Waals surface area contributed by atoms with E-state index in [2.05, 4.69) is 5.32 Å². The Balaban J connectivity index is 0.00000166. The van der Waals surface area contributed by atoms with Gasteiger partial charge < -0.3 is 44.0 Å². The first kappa shape index (κ1) is 55.9. The van der Waals surface area contributed by atoms with Gasteiger partial charge >= 0.3 is 29.8 Å². The highest BCUT2D eigenvalue weighted by Crippen LogP contribution is 2.65. The number of likely N-dealkylation sites (N-methyl/N-ethyl adjacent to an activating group) is 1. The van der Waals surface area contributed by atoms with Crippen LogP contribution < -0.4 is 5.32 Å². The summed E-state index contributed by atoms with van der Waals surface area (Å²) in [7, 11) is -0.383. The Kier molecular flexibility index (Phi) is 16.6. The third-order valence-electron chi connectivity index (χ3n) is 14.2. The number of carbonyl (C=O) groups is 7. The lowest BCUT2D eigenvalue weighted by Gasteiger charge is -2.67. The molecule has 7 rings (SSSR count). The molecule has 4 aliphatic rings. The number of nitrogens with one attached hydrogen (secondary N) is 1. The minimum absolute atomic E-state index is 0.0250. The van der Waals surface area contributed by atoms with Gasteiger partial charge in [-0.15, -0.1) is 0 Å². The lowest BCUT2D eigenvalue weighted by molar-refractivity contribution is -0.346. The van der Waals surface area contributed by atoms with E-state index in [1.807, 2.05) is 0 Å². The lowest BCUT2D eigenvalue weighted by atomic mass is 9.44. The molecule has 11 atom stereocenters. The van der Waals surface area contributed by atoms with Gasteiger partial charge in [0.2, 0.25) is 0 Å². The van der Waals surface area contributed by atoms with Gasteiger partial charge in [0.15, 0.2) is 23.6 Å². The fourth-order valence-electron chi connectivity index (χ4n) is 10.8. The monoisotopic (exact) mass is 1030 g/mol. The fraction of sp³-hybridized carbons (Fsp3) is 0.481. The number of hydrogen-bond donors (Lipinski definition) is 4. The maximum Gasteiger partial charge on any atom is 0.338 e. The third kappa shape index (κ3) is 11.4. The predicted octanol–water partition coefficient (Wildman–Crippen LogP) is 3.35. The van der Waals surface area contributed by atoms with Crippen LogP contribution in [0.1, 0.15) is 86.7 Å². The first-order valence-electron chi connectivity index (χ1n) is 23.3. The van der Waals surface area contributed by atoms with E-state index in [0.29, 0.717) is 11.8 Å². The van der Waals surface area contributed by atoms with Crippen LogP contribution in [0, 0.1) is 16.7 Å². The number of benzene rings is 3. The Morgan fingerprint density at radius 3 is 1.89 bits per heavy atom. The molecule has 21 heteroatoms. The lowest BCUT2D eigenvalue weighted by Crippen LogP contribution is -2.82. The number of ether oxygens (including phenoxy) is 6. The number of aliphatic hydroxyl groups is 2. The van der Waals surface area contributed by atoms with E-state index in [1.165, 1.54) is 26.0 Å². The average molecular weight is 1040 g/mol. The Bertz CT molecular complexity index is 2730. The number of fused-ring (bicyclic) bond motifs is 5. The number of amides is 1. The molecule has 1 heterocycles. The predicted molar refractivity (Wildman–Crippen MR) is 258 cm³/mol. The molecule has 20 nitrogen and oxygen atoms in total. The van der Waals surface area contributed by atoms with Crippen LogP contribution in [0.4, 0.5) is 0 Å². The summed E-state index contributed by atoms with van der Waals surface area (Å²) >= 11 is 0. The zero-order chi connectivity index (χ0) is 54.0. The SMILES string of the molecule is CC(=O)O[C@H]1C(=O)[C@]2(C)[C@@H](OC(=O)CN(C)C)C[C@H]3OC[C@@]3(OC(C)=O)[C@H]2[C@H](OC(=O)c2ccccc2)[C@]2(O)C[C@H](OC(=O)[C@H](O)[C@@H](NC(=O)c3ccccc3)c3ccccc3)C(C)=C1C2(C)C.CS(=O)(=O)O. The Labute approximate surface area is 423 Å². The second-order valence-corrected chi connectivity index (χ2v) is 21.3. The molecular weight excluding hydrogens is 973 g/mol. The summed E-state index contributed by atoms with van der Waals surface area (Å²) in [5.74, 6) is -7.74. The van der Waals surface area contributed by atoms with Crippen LogP contribution in [-0.4, -0.2) is 151 Å². The molecule has 1 amide bonds. The number of rotatable bonds is 13. The highest BCUT2D eigenvalue weighted by atomic mass is 32.2. The second-order valence-electron chi connectivity index (χ2n) is 19.8. The largest absolute Gasteiger partial charge is 0.460 e. The van der Waals surface area contributed by atoms with Crippen LogP contribution in [0.25, 0.3) is 0 Å². The Hall–Kier alpha value is -6.36. The maximum absolute atomic E-state index is 16.0. The zero-order valence-electron chi connectivity index (χ0n) is 41.9. The minimum atomic E-state index is -3.67. The Morgan fingerprint density at radius 2 is 1.38 bits per heavy atom. The number of ketones is 1. The summed E-state index contributed by atoms with van der Waals surface area (Å²) in [6.45, 7) is 7.76. The molecule has 1 aliphatic heterocycles.